The number of nitrogens with one attached hydrogen (secondary N) is 1. The Morgan fingerprint density at radius 2 is 2.27 bits per heavy atom. The Balaban J connectivity index is 1.63. The van der Waals surface area contributed by atoms with Crippen LogP contribution in [0.4, 0.5) is 0 Å². The van der Waals surface area contributed by atoms with Crippen molar-refractivity contribution in [2.75, 3.05) is 39.5 Å². The van der Waals surface area contributed by atoms with E-state index in [-0.39, 0.29) is 0 Å². The molecule has 2 aliphatic heterocycles. The quantitative estimate of drug-likeness (QED) is 0.625. The van der Waals surface area contributed by atoms with Crippen molar-refractivity contribution in [3.8, 4) is 5.75 Å². The van der Waals surface area contributed by atoms with Gasteiger partial charge in [0, 0.05) is 31.7 Å². The number of likely N-dealkylation sites (tertiary alicyclic amines) is 1. The van der Waals surface area contributed by atoms with E-state index in [1.54, 1.807) is 0 Å². The SMILES string of the molecule is CCNC(=NCc1cccc(OCC(C)C)c1)N1CCC2(CCOC2)C1. The number of guanidine groups is 1. The lowest BCUT2D eigenvalue weighted by Crippen LogP contribution is -2.41. The summed E-state index contributed by atoms with van der Waals surface area (Å²) < 4.78 is 11.5. The van der Waals surface area contributed by atoms with Crippen LogP contribution in [0.15, 0.2) is 29.3 Å². The number of rotatable bonds is 6. The number of benzene rings is 1. The molecule has 0 radical (unpaired) electrons. The highest BCUT2D eigenvalue weighted by atomic mass is 16.5. The first-order valence-electron chi connectivity index (χ1n) is 9.93. The molecule has 26 heavy (non-hydrogen) atoms. The summed E-state index contributed by atoms with van der Waals surface area (Å²) in [4.78, 5) is 7.29. The summed E-state index contributed by atoms with van der Waals surface area (Å²) in [7, 11) is 0. The largest absolute Gasteiger partial charge is 0.493 e. The van der Waals surface area contributed by atoms with Crippen LogP contribution in [0.1, 0.15) is 39.2 Å². The molecule has 0 bridgehead atoms. The molecule has 1 aromatic carbocycles. The molecule has 2 aliphatic rings. The van der Waals surface area contributed by atoms with Crippen molar-refractivity contribution in [1.82, 2.24) is 10.2 Å². The first kappa shape index (κ1) is 19.0. The van der Waals surface area contributed by atoms with Gasteiger partial charge in [-0.2, -0.15) is 0 Å². The lowest BCUT2D eigenvalue weighted by atomic mass is 9.87. The van der Waals surface area contributed by atoms with Crippen LogP contribution in [0.5, 0.6) is 5.75 Å². The summed E-state index contributed by atoms with van der Waals surface area (Å²) in [6.07, 6.45) is 2.38. The maximum absolute atomic E-state index is 5.84. The second-order valence-corrected chi connectivity index (χ2v) is 8.00. The Hall–Kier alpha value is -1.75. The maximum Gasteiger partial charge on any atom is 0.194 e. The molecule has 5 nitrogen and oxygen atoms in total. The van der Waals surface area contributed by atoms with Gasteiger partial charge in [-0.05, 0) is 43.4 Å². The van der Waals surface area contributed by atoms with Crippen molar-refractivity contribution >= 4 is 5.96 Å². The van der Waals surface area contributed by atoms with Crippen molar-refractivity contribution in [1.29, 1.82) is 0 Å². The number of nitrogens with zero attached hydrogens (tertiary/aromatic N) is 2. The van der Waals surface area contributed by atoms with Gasteiger partial charge < -0.3 is 19.7 Å². The predicted octanol–water partition coefficient (Wildman–Crippen LogP) is 3.30. The average Bonchev–Trinajstić information content (AvgIpc) is 3.27. The van der Waals surface area contributed by atoms with Gasteiger partial charge in [-0.1, -0.05) is 26.0 Å². The molecule has 5 heteroatoms. The molecule has 2 heterocycles. The maximum atomic E-state index is 5.84. The van der Waals surface area contributed by atoms with Gasteiger partial charge in [0.25, 0.3) is 0 Å². The fourth-order valence-corrected chi connectivity index (χ4v) is 3.68. The Morgan fingerprint density at radius 3 is 3.00 bits per heavy atom. The van der Waals surface area contributed by atoms with Gasteiger partial charge in [0.1, 0.15) is 5.75 Å². The summed E-state index contributed by atoms with van der Waals surface area (Å²) in [5, 5.41) is 3.46. The van der Waals surface area contributed by atoms with Gasteiger partial charge >= 0.3 is 0 Å². The van der Waals surface area contributed by atoms with Gasteiger partial charge in [-0.25, -0.2) is 4.99 Å². The summed E-state index contributed by atoms with van der Waals surface area (Å²) in [5.41, 5.74) is 1.53. The third-order valence-electron chi connectivity index (χ3n) is 5.15. The molecule has 144 valence electrons. The topological polar surface area (TPSA) is 46.1 Å². The van der Waals surface area contributed by atoms with Crippen LogP contribution < -0.4 is 10.1 Å². The van der Waals surface area contributed by atoms with Crippen LogP contribution in [-0.4, -0.2) is 50.3 Å². The lowest BCUT2D eigenvalue weighted by molar-refractivity contribution is 0.156. The third-order valence-corrected chi connectivity index (χ3v) is 5.15. The summed E-state index contributed by atoms with van der Waals surface area (Å²) >= 11 is 0. The smallest absolute Gasteiger partial charge is 0.194 e. The number of hydrogen-bond donors (Lipinski definition) is 1. The highest BCUT2D eigenvalue weighted by Gasteiger charge is 2.42. The highest BCUT2D eigenvalue weighted by molar-refractivity contribution is 5.80. The Morgan fingerprint density at radius 1 is 1.38 bits per heavy atom. The fraction of sp³-hybridized carbons (Fsp3) is 0.667. The molecule has 1 unspecified atom stereocenters. The van der Waals surface area contributed by atoms with E-state index in [9.17, 15) is 0 Å². The zero-order valence-corrected chi connectivity index (χ0v) is 16.5. The van der Waals surface area contributed by atoms with E-state index in [0.29, 0.717) is 17.9 Å². The van der Waals surface area contributed by atoms with Crippen molar-refractivity contribution in [2.24, 2.45) is 16.3 Å². The number of hydrogen-bond acceptors (Lipinski definition) is 3. The van der Waals surface area contributed by atoms with Crippen LogP contribution in [0, 0.1) is 11.3 Å². The van der Waals surface area contributed by atoms with Gasteiger partial charge in [-0.3, -0.25) is 0 Å². The molecule has 0 aliphatic carbocycles. The molecule has 0 aromatic heterocycles. The van der Waals surface area contributed by atoms with Crippen LogP contribution in [-0.2, 0) is 11.3 Å². The molecule has 3 rings (SSSR count). The zero-order chi connectivity index (χ0) is 18.4. The van der Waals surface area contributed by atoms with E-state index in [1.807, 2.05) is 12.1 Å². The van der Waals surface area contributed by atoms with E-state index in [0.717, 1.165) is 51.2 Å². The van der Waals surface area contributed by atoms with Crippen molar-refractivity contribution in [3.05, 3.63) is 29.8 Å². The van der Waals surface area contributed by atoms with Crippen LogP contribution in [0.25, 0.3) is 0 Å². The summed E-state index contributed by atoms with van der Waals surface area (Å²) in [6.45, 7) is 12.7. The van der Waals surface area contributed by atoms with Gasteiger partial charge in [0.2, 0.25) is 0 Å². The van der Waals surface area contributed by atoms with E-state index < -0.39 is 0 Å². The Kier molecular flexibility index (Phi) is 6.41. The molecule has 0 amide bonds. The predicted molar refractivity (Wildman–Crippen MR) is 106 cm³/mol. The molecule has 1 aromatic rings. The minimum absolute atomic E-state index is 0.348. The van der Waals surface area contributed by atoms with Crippen LogP contribution >= 0.6 is 0 Å². The lowest BCUT2D eigenvalue weighted by Gasteiger charge is -2.25. The Bertz CT molecular complexity index is 609. The highest BCUT2D eigenvalue weighted by Crippen LogP contribution is 2.38. The first-order valence-corrected chi connectivity index (χ1v) is 9.93. The van der Waals surface area contributed by atoms with Crippen molar-refractivity contribution in [2.45, 2.75) is 40.2 Å². The molecular formula is C21H33N3O2. The van der Waals surface area contributed by atoms with Crippen LogP contribution in [0.2, 0.25) is 0 Å². The third kappa shape index (κ3) is 4.91. The zero-order valence-electron chi connectivity index (χ0n) is 16.5. The van der Waals surface area contributed by atoms with E-state index in [1.165, 1.54) is 18.4 Å². The van der Waals surface area contributed by atoms with Gasteiger partial charge in [0.05, 0.1) is 19.8 Å². The molecule has 1 spiro atoms. The molecule has 0 saturated carbocycles. The molecular weight excluding hydrogens is 326 g/mol. The van der Waals surface area contributed by atoms with E-state index >= 15 is 0 Å². The van der Waals surface area contributed by atoms with E-state index in [2.05, 4.69) is 43.1 Å². The second-order valence-electron chi connectivity index (χ2n) is 8.00. The van der Waals surface area contributed by atoms with Gasteiger partial charge in [0.15, 0.2) is 5.96 Å². The monoisotopic (exact) mass is 359 g/mol. The summed E-state index contributed by atoms with van der Waals surface area (Å²) in [6, 6.07) is 8.29. The van der Waals surface area contributed by atoms with Gasteiger partial charge in [-0.15, -0.1) is 0 Å². The normalized spacial score (nSPS) is 23.2. The van der Waals surface area contributed by atoms with Crippen LogP contribution in [0.3, 0.4) is 0 Å². The second kappa shape index (κ2) is 8.76. The van der Waals surface area contributed by atoms with Crippen molar-refractivity contribution in [3.63, 3.8) is 0 Å². The Labute approximate surface area is 157 Å². The summed E-state index contributed by atoms with van der Waals surface area (Å²) in [5.74, 6) is 2.48. The minimum atomic E-state index is 0.348. The fourth-order valence-electron chi connectivity index (χ4n) is 3.68. The van der Waals surface area contributed by atoms with E-state index in [4.69, 9.17) is 14.5 Å². The molecule has 2 fully saturated rings. The first-order chi connectivity index (χ1) is 12.6. The molecule has 2 saturated heterocycles. The molecule has 1 atom stereocenters. The standard InChI is InChI=1S/C21H33N3O2/c1-4-22-20(24-10-8-21(15-24)9-11-25-16-21)23-13-18-6-5-7-19(12-18)26-14-17(2)3/h5-7,12,17H,4,8-11,13-16H2,1-3H3,(H,22,23). The minimum Gasteiger partial charge on any atom is -0.493 e. The number of ether oxygens (including phenoxy) is 2. The average molecular weight is 360 g/mol. The van der Waals surface area contributed by atoms with Crippen molar-refractivity contribution < 1.29 is 9.47 Å². The number of aliphatic imine (C=N–C) groups is 1. The molecule has 1 N–H and O–H groups in total.